The monoisotopic (exact) mass is 473 g/mol. The molecule has 3 amide bonds. The highest BCUT2D eigenvalue weighted by atomic mass is 16.6. The van der Waals surface area contributed by atoms with E-state index in [2.05, 4.69) is 10.6 Å². The Morgan fingerprint density at radius 1 is 1.00 bits per heavy atom. The van der Waals surface area contributed by atoms with Gasteiger partial charge in [-0.3, -0.25) is 9.59 Å². The van der Waals surface area contributed by atoms with Crippen molar-refractivity contribution in [2.45, 2.75) is 117 Å². The fraction of sp³-hybridized carbons (Fsp3) is 0.667. The Hall–Kier alpha value is -2.57. The lowest BCUT2D eigenvalue weighted by Gasteiger charge is -2.43. The molecule has 7 heteroatoms. The molecule has 1 aliphatic rings. The first kappa shape index (κ1) is 27.7. The minimum Gasteiger partial charge on any atom is -0.444 e. The van der Waals surface area contributed by atoms with Crippen LogP contribution in [0.4, 0.5) is 4.79 Å². The fourth-order valence-electron chi connectivity index (χ4n) is 4.42. The van der Waals surface area contributed by atoms with Crippen LogP contribution in [0, 0.1) is 6.92 Å². The molecule has 0 radical (unpaired) electrons. The summed E-state index contributed by atoms with van der Waals surface area (Å²) in [5.74, 6) is -0.528. The van der Waals surface area contributed by atoms with Gasteiger partial charge in [0.2, 0.25) is 11.8 Å². The van der Waals surface area contributed by atoms with Gasteiger partial charge in [-0.15, -0.1) is 0 Å². The Bertz CT molecular complexity index is 863. The predicted molar refractivity (Wildman–Crippen MR) is 134 cm³/mol. The van der Waals surface area contributed by atoms with E-state index < -0.39 is 29.3 Å². The molecule has 190 valence electrons. The Balaban J connectivity index is 2.41. The average Bonchev–Trinajstić information content (AvgIpc) is 2.70. The minimum atomic E-state index is -0.872. The number of hydrogen-bond donors (Lipinski definition) is 2. The Morgan fingerprint density at radius 3 is 2.12 bits per heavy atom. The summed E-state index contributed by atoms with van der Waals surface area (Å²) in [6, 6.07) is 6.08. The lowest BCUT2D eigenvalue weighted by molar-refractivity contribution is -0.148. The van der Waals surface area contributed by atoms with E-state index in [9.17, 15) is 14.4 Å². The first-order valence-electron chi connectivity index (χ1n) is 12.4. The molecule has 0 saturated heterocycles. The Labute approximate surface area is 205 Å². The van der Waals surface area contributed by atoms with Gasteiger partial charge in [-0.05, 0) is 79.4 Å². The number of aryl methyl sites for hydroxylation is 1. The summed E-state index contributed by atoms with van der Waals surface area (Å²) >= 11 is 0. The van der Waals surface area contributed by atoms with E-state index in [1.165, 1.54) is 6.42 Å². The standard InChI is InChI=1S/C27H43N3O4/c1-18-14-12-13-17-21(18)22(23(31)29-20-15-10-9-11-16-20)30(26(3,4)5)24(32)19(2)28-25(33)34-27(6,7)8/h12-14,17,19-20,22H,9-11,15-16H2,1-8H3,(H,28,33)(H,29,31). The highest BCUT2D eigenvalue weighted by Gasteiger charge is 2.41. The number of carbonyl (C=O) groups excluding carboxylic acids is 3. The molecule has 7 nitrogen and oxygen atoms in total. The number of amides is 3. The Kier molecular flexibility index (Phi) is 9.15. The maximum absolute atomic E-state index is 13.8. The number of nitrogens with one attached hydrogen (secondary N) is 2. The van der Waals surface area contributed by atoms with Crippen LogP contribution in [0.2, 0.25) is 0 Å². The first-order chi connectivity index (χ1) is 15.7. The summed E-state index contributed by atoms with van der Waals surface area (Å²) in [6.45, 7) is 14.6. The number of nitrogens with zero attached hydrogens (tertiary/aromatic N) is 1. The van der Waals surface area contributed by atoms with Crippen molar-refractivity contribution in [3.63, 3.8) is 0 Å². The molecule has 1 aliphatic carbocycles. The van der Waals surface area contributed by atoms with Gasteiger partial charge < -0.3 is 20.3 Å². The highest BCUT2D eigenvalue weighted by molar-refractivity contribution is 5.92. The van der Waals surface area contributed by atoms with E-state index in [0.29, 0.717) is 0 Å². The summed E-state index contributed by atoms with van der Waals surface area (Å²) in [5, 5.41) is 5.86. The van der Waals surface area contributed by atoms with Crippen molar-refractivity contribution in [2.75, 3.05) is 0 Å². The molecule has 2 N–H and O–H groups in total. The molecule has 0 heterocycles. The van der Waals surface area contributed by atoms with Crippen molar-refractivity contribution >= 4 is 17.9 Å². The van der Waals surface area contributed by atoms with E-state index in [4.69, 9.17) is 4.74 Å². The number of alkyl carbamates (subject to hydrolysis) is 1. The molecule has 0 bridgehead atoms. The normalized spacial score (nSPS) is 16.8. The van der Waals surface area contributed by atoms with Gasteiger partial charge in [-0.2, -0.15) is 0 Å². The molecule has 1 aromatic rings. The van der Waals surface area contributed by atoms with Crippen molar-refractivity contribution in [1.82, 2.24) is 15.5 Å². The molecule has 0 spiro atoms. The molecule has 1 fully saturated rings. The van der Waals surface area contributed by atoms with Crippen molar-refractivity contribution in [3.8, 4) is 0 Å². The molecule has 34 heavy (non-hydrogen) atoms. The molecule has 1 saturated carbocycles. The molecule has 0 aromatic heterocycles. The van der Waals surface area contributed by atoms with Gasteiger partial charge in [0.25, 0.3) is 0 Å². The SMILES string of the molecule is Cc1ccccc1C(C(=O)NC1CCCCC1)N(C(=O)C(C)NC(=O)OC(C)(C)C)C(C)(C)C. The lowest BCUT2D eigenvalue weighted by Crippen LogP contribution is -2.58. The van der Waals surface area contributed by atoms with Gasteiger partial charge in [0.15, 0.2) is 0 Å². The fourth-order valence-corrected chi connectivity index (χ4v) is 4.42. The number of ether oxygens (including phenoxy) is 1. The lowest BCUT2D eigenvalue weighted by atomic mass is 9.91. The maximum atomic E-state index is 13.8. The minimum absolute atomic E-state index is 0.113. The van der Waals surface area contributed by atoms with Gasteiger partial charge >= 0.3 is 6.09 Å². The van der Waals surface area contributed by atoms with Crippen LogP contribution < -0.4 is 10.6 Å². The van der Waals surface area contributed by atoms with E-state index in [1.54, 1.807) is 32.6 Å². The van der Waals surface area contributed by atoms with Crippen LogP contribution >= 0.6 is 0 Å². The van der Waals surface area contributed by atoms with Crippen LogP contribution in [0.3, 0.4) is 0 Å². The molecular formula is C27H43N3O4. The molecule has 2 unspecified atom stereocenters. The van der Waals surface area contributed by atoms with Crippen molar-refractivity contribution in [2.24, 2.45) is 0 Å². The molecular weight excluding hydrogens is 430 g/mol. The zero-order valence-electron chi connectivity index (χ0n) is 22.2. The number of rotatable bonds is 6. The average molecular weight is 474 g/mol. The van der Waals surface area contributed by atoms with Crippen molar-refractivity contribution < 1.29 is 19.1 Å². The number of hydrogen-bond acceptors (Lipinski definition) is 4. The zero-order valence-corrected chi connectivity index (χ0v) is 22.2. The highest BCUT2D eigenvalue weighted by Crippen LogP contribution is 2.32. The number of carbonyl (C=O) groups is 3. The third kappa shape index (κ3) is 7.74. The van der Waals surface area contributed by atoms with E-state index in [-0.39, 0.29) is 17.9 Å². The van der Waals surface area contributed by atoms with Gasteiger partial charge in [0.1, 0.15) is 17.7 Å². The van der Waals surface area contributed by atoms with E-state index in [1.807, 2.05) is 52.0 Å². The van der Waals surface area contributed by atoms with Gasteiger partial charge in [0, 0.05) is 11.6 Å². The predicted octanol–water partition coefficient (Wildman–Crippen LogP) is 5.03. The van der Waals surface area contributed by atoms with Crippen LogP contribution in [-0.2, 0) is 14.3 Å². The van der Waals surface area contributed by atoms with E-state index >= 15 is 0 Å². The topological polar surface area (TPSA) is 87.7 Å². The molecule has 1 aromatic carbocycles. The van der Waals surface area contributed by atoms with Crippen LogP contribution in [0.15, 0.2) is 24.3 Å². The summed E-state index contributed by atoms with van der Waals surface area (Å²) in [4.78, 5) is 41.5. The molecule has 0 aliphatic heterocycles. The largest absolute Gasteiger partial charge is 0.444 e. The summed E-state index contributed by atoms with van der Waals surface area (Å²) in [5.41, 5.74) is 0.349. The molecule has 2 atom stereocenters. The van der Waals surface area contributed by atoms with E-state index in [0.717, 1.165) is 36.8 Å². The van der Waals surface area contributed by atoms with Crippen LogP contribution in [0.1, 0.15) is 97.7 Å². The number of benzene rings is 1. The molecule has 2 rings (SSSR count). The third-order valence-corrected chi connectivity index (χ3v) is 6.00. The maximum Gasteiger partial charge on any atom is 0.408 e. The van der Waals surface area contributed by atoms with Crippen molar-refractivity contribution in [3.05, 3.63) is 35.4 Å². The quantitative estimate of drug-likeness (QED) is 0.607. The first-order valence-corrected chi connectivity index (χ1v) is 12.4. The van der Waals surface area contributed by atoms with Gasteiger partial charge in [-0.25, -0.2) is 4.79 Å². The van der Waals surface area contributed by atoms with Gasteiger partial charge in [-0.1, -0.05) is 43.5 Å². The zero-order chi connectivity index (χ0) is 25.7. The van der Waals surface area contributed by atoms with Crippen LogP contribution in [-0.4, -0.2) is 46.0 Å². The van der Waals surface area contributed by atoms with Crippen molar-refractivity contribution in [1.29, 1.82) is 0 Å². The smallest absolute Gasteiger partial charge is 0.408 e. The second-order valence-electron chi connectivity index (χ2n) is 11.3. The van der Waals surface area contributed by atoms with Crippen LogP contribution in [0.5, 0.6) is 0 Å². The second-order valence-corrected chi connectivity index (χ2v) is 11.3. The van der Waals surface area contributed by atoms with Crippen LogP contribution in [0.25, 0.3) is 0 Å². The Morgan fingerprint density at radius 2 is 1.59 bits per heavy atom. The van der Waals surface area contributed by atoms with Gasteiger partial charge in [0.05, 0.1) is 0 Å². The third-order valence-electron chi connectivity index (χ3n) is 6.00. The second kappa shape index (κ2) is 11.2. The summed E-state index contributed by atoms with van der Waals surface area (Å²) in [6.07, 6.45) is 4.62. The summed E-state index contributed by atoms with van der Waals surface area (Å²) in [7, 11) is 0. The summed E-state index contributed by atoms with van der Waals surface area (Å²) < 4.78 is 5.34.